The van der Waals surface area contributed by atoms with Gasteiger partial charge in [-0.1, -0.05) is 42.5 Å². The molecule has 0 spiro atoms. The number of halogens is 1. The number of rotatable bonds is 5. The number of benzene rings is 1. The molecule has 0 radical (unpaired) electrons. The summed E-state index contributed by atoms with van der Waals surface area (Å²) < 4.78 is 0. The highest BCUT2D eigenvalue weighted by Gasteiger charge is 2.04. The molecule has 0 fully saturated rings. The Hall–Kier alpha value is -1.32. The molecule has 3 nitrogen and oxygen atoms in total. The summed E-state index contributed by atoms with van der Waals surface area (Å²) in [6.07, 6.45) is 4.45. The Bertz CT molecular complexity index is 338. The van der Waals surface area contributed by atoms with Crippen molar-refractivity contribution in [2.45, 2.75) is 18.9 Å². The fraction of sp³-hybridized carbons (Fsp3) is 0.250. The van der Waals surface area contributed by atoms with Crippen LogP contribution in [0.5, 0.6) is 0 Å². The molecule has 4 heteroatoms. The average Bonchev–Trinajstić information content (AvgIpc) is 2.18. The highest BCUT2D eigenvalue weighted by Crippen LogP contribution is 2.03. The molecule has 16 heavy (non-hydrogen) atoms. The van der Waals surface area contributed by atoms with E-state index < -0.39 is 5.97 Å². The molecule has 1 aromatic carbocycles. The Balaban J connectivity index is 0.00000225. The van der Waals surface area contributed by atoms with Gasteiger partial charge in [-0.05, 0) is 12.0 Å². The summed E-state index contributed by atoms with van der Waals surface area (Å²) in [6, 6.07) is 9.53. The molecular weight excluding hydrogens is 226 g/mol. The Morgan fingerprint density at radius 2 is 2.00 bits per heavy atom. The van der Waals surface area contributed by atoms with Crippen LogP contribution in [0.25, 0.3) is 6.08 Å². The van der Waals surface area contributed by atoms with Crippen LogP contribution in [-0.2, 0) is 4.79 Å². The van der Waals surface area contributed by atoms with Crippen molar-refractivity contribution in [3.63, 3.8) is 0 Å². The minimum Gasteiger partial charge on any atom is -0.481 e. The number of carboxylic acid groups (broad SMARTS) is 1. The van der Waals surface area contributed by atoms with E-state index >= 15 is 0 Å². The van der Waals surface area contributed by atoms with E-state index in [1.54, 1.807) is 0 Å². The largest absolute Gasteiger partial charge is 0.481 e. The van der Waals surface area contributed by atoms with Crippen molar-refractivity contribution in [1.29, 1.82) is 0 Å². The van der Waals surface area contributed by atoms with Crippen LogP contribution >= 0.6 is 12.4 Å². The highest BCUT2D eigenvalue weighted by atomic mass is 35.5. The third-order valence-corrected chi connectivity index (χ3v) is 1.99. The summed E-state index contributed by atoms with van der Waals surface area (Å²) in [6.45, 7) is 0. The first-order valence-corrected chi connectivity index (χ1v) is 4.87. The van der Waals surface area contributed by atoms with Crippen molar-refractivity contribution in [1.82, 2.24) is 0 Å². The Kier molecular flexibility index (Phi) is 7.25. The predicted octanol–water partition coefficient (Wildman–Crippen LogP) is 2.31. The highest BCUT2D eigenvalue weighted by molar-refractivity contribution is 5.85. The maximum atomic E-state index is 10.3. The lowest BCUT2D eigenvalue weighted by Crippen LogP contribution is -2.22. The molecule has 0 aliphatic carbocycles. The van der Waals surface area contributed by atoms with Crippen LogP contribution in [0.1, 0.15) is 18.4 Å². The molecule has 88 valence electrons. The third kappa shape index (κ3) is 6.22. The lowest BCUT2D eigenvalue weighted by molar-refractivity contribution is -0.137. The van der Waals surface area contributed by atoms with E-state index in [1.807, 2.05) is 42.5 Å². The fourth-order valence-corrected chi connectivity index (χ4v) is 1.25. The van der Waals surface area contributed by atoms with Crippen LogP contribution in [0.4, 0.5) is 0 Å². The molecule has 0 heterocycles. The number of nitrogens with two attached hydrogens (primary N) is 1. The second-order valence-corrected chi connectivity index (χ2v) is 3.41. The van der Waals surface area contributed by atoms with Gasteiger partial charge in [0.05, 0.1) is 6.42 Å². The number of hydrogen-bond acceptors (Lipinski definition) is 2. The first-order valence-electron chi connectivity index (χ1n) is 4.87. The topological polar surface area (TPSA) is 63.3 Å². The van der Waals surface area contributed by atoms with Gasteiger partial charge in [0.25, 0.3) is 0 Å². The predicted molar refractivity (Wildman–Crippen MR) is 67.6 cm³/mol. The molecule has 0 amide bonds. The van der Waals surface area contributed by atoms with E-state index in [-0.39, 0.29) is 24.9 Å². The maximum absolute atomic E-state index is 10.3. The molecule has 0 unspecified atom stereocenters. The van der Waals surface area contributed by atoms with Crippen LogP contribution in [0, 0.1) is 0 Å². The SMILES string of the molecule is Cl.N[C@@H](C/C=C/c1ccccc1)CC(=O)O. The van der Waals surface area contributed by atoms with Gasteiger partial charge in [-0.3, -0.25) is 4.79 Å². The lowest BCUT2D eigenvalue weighted by atomic mass is 10.1. The minimum atomic E-state index is -0.851. The third-order valence-electron chi connectivity index (χ3n) is 1.99. The summed E-state index contributed by atoms with van der Waals surface area (Å²) in [5.41, 5.74) is 6.70. The van der Waals surface area contributed by atoms with Gasteiger partial charge in [-0.15, -0.1) is 12.4 Å². The smallest absolute Gasteiger partial charge is 0.304 e. The average molecular weight is 242 g/mol. The molecule has 1 rings (SSSR count). The molecule has 0 saturated carbocycles. The van der Waals surface area contributed by atoms with Crippen molar-refractivity contribution >= 4 is 24.5 Å². The lowest BCUT2D eigenvalue weighted by Gasteiger charge is -2.03. The van der Waals surface area contributed by atoms with Crippen LogP contribution in [0.15, 0.2) is 36.4 Å². The summed E-state index contributed by atoms with van der Waals surface area (Å²) in [7, 11) is 0. The zero-order chi connectivity index (χ0) is 11.1. The normalized spacial score (nSPS) is 12.1. The summed E-state index contributed by atoms with van der Waals surface area (Å²) in [4.78, 5) is 10.3. The molecule has 0 aliphatic rings. The van der Waals surface area contributed by atoms with Crippen LogP contribution in [-0.4, -0.2) is 17.1 Å². The van der Waals surface area contributed by atoms with E-state index in [0.717, 1.165) is 5.56 Å². The van der Waals surface area contributed by atoms with Crippen LogP contribution in [0.2, 0.25) is 0 Å². The van der Waals surface area contributed by atoms with Gasteiger partial charge in [0.15, 0.2) is 0 Å². The van der Waals surface area contributed by atoms with Crippen molar-refractivity contribution in [3.05, 3.63) is 42.0 Å². The molecule has 0 bridgehead atoms. The number of hydrogen-bond donors (Lipinski definition) is 2. The van der Waals surface area contributed by atoms with Gasteiger partial charge in [-0.2, -0.15) is 0 Å². The molecule has 0 aromatic heterocycles. The van der Waals surface area contributed by atoms with Gasteiger partial charge in [0, 0.05) is 6.04 Å². The summed E-state index contributed by atoms with van der Waals surface area (Å²) >= 11 is 0. The maximum Gasteiger partial charge on any atom is 0.304 e. The Labute approximate surface area is 101 Å². The van der Waals surface area contributed by atoms with Crippen LogP contribution < -0.4 is 5.73 Å². The van der Waals surface area contributed by atoms with Crippen LogP contribution in [0.3, 0.4) is 0 Å². The summed E-state index contributed by atoms with van der Waals surface area (Å²) in [5, 5.41) is 8.50. The second-order valence-electron chi connectivity index (χ2n) is 3.41. The Morgan fingerprint density at radius 1 is 1.38 bits per heavy atom. The second kappa shape index (κ2) is 7.91. The van der Waals surface area contributed by atoms with E-state index in [2.05, 4.69) is 0 Å². The van der Waals surface area contributed by atoms with Crippen molar-refractivity contribution in [3.8, 4) is 0 Å². The van der Waals surface area contributed by atoms with E-state index in [1.165, 1.54) is 0 Å². The quantitative estimate of drug-likeness (QED) is 0.832. The standard InChI is InChI=1S/C12H15NO2.ClH/c13-11(9-12(14)15)8-4-7-10-5-2-1-3-6-10;/h1-7,11H,8-9,13H2,(H,14,15);1H/b7-4+;/t11-;/m0./s1. The van der Waals surface area contributed by atoms with Gasteiger partial charge in [0.2, 0.25) is 0 Å². The van der Waals surface area contributed by atoms with E-state index in [0.29, 0.717) is 6.42 Å². The van der Waals surface area contributed by atoms with Gasteiger partial charge in [0.1, 0.15) is 0 Å². The molecule has 1 aromatic rings. The van der Waals surface area contributed by atoms with E-state index in [4.69, 9.17) is 10.8 Å². The number of carbonyl (C=O) groups is 1. The van der Waals surface area contributed by atoms with Crippen molar-refractivity contribution < 1.29 is 9.90 Å². The first-order chi connectivity index (χ1) is 7.18. The summed E-state index contributed by atoms with van der Waals surface area (Å²) in [5.74, 6) is -0.851. The minimum absolute atomic E-state index is 0. The zero-order valence-electron chi connectivity index (χ0n) is 8.87. The number of carboxylic acids is 1. The molecule has 0 aliphatic heterocycles. The molecule has 3 N–H and O–H groups in total. The molecule has 0 saturated heterocycles. The van der Waals surface area contributed by atoms with Gasteiger partial charge >= 0.3 is 5.97 Å². The Morgan fingerprint density at radius 3 is 2.56 bits per heavy atom. The monoisotopic (exact) mass is 241 g/mol. The van der Waals surface area contributed by atoms with Crippen molar-refractivity contribution in [2.24, 2.45) is 5.73 Å². The fourth-order valence-electron chi connectivity index (χ4n) is 1.25. The molecular formula is C12H16ClNO2. The first kappa shape index (κ1) is 14.7. The molecule has 1 atom stereocenters. The van der Waals surface area contributed by atoms with Gasteiger partial charge < -0.3 is 10.8 Å². The van der Waals surface area contributed by atoms with E-state index in [9.17, 15) is 4.79 Å². The van der Waals surface area contributed by atoms with Gasteiger partial charge in [-0.25, -0.2) is 0 Å². The zero-order valence-corrected chi connectivity index (χ0v) is 9.69. The number of aliphatic carboxylic acids is 1. The van der Waals surface area contributed by atoms with Crippen molar-refractivity contribution in [2.75, 3.05) is 0 Å².